The second-order valence-corrected chi connectivity index (χ2v) is 9.25. The third-order valence-electron chi connectivity index (χ3n) is 4.55. The van der Waals surface area contributed by atoms with Crippen molar-refractivity contribution in [3.63, 3.8) is 0 Å². The Hall–Kier alpha value is -1.41. The smallest absolute Gasteiger partial charge is 0.227 e. The minimum Gasteiger partial charge on any atom is -0.341 e. The second kappa shape index (κ2) is 7.86. The monoisotopic (exact) mass is 370 g/mol. The lowest BCUT2D eigenvalue weighted by atomic mass is 10.0. The number of carbonyl (C=O) groups excluding carboxylic acids is 1. The molecule has 0 unspecified atom stereocenters. The van der Waals surface area contributed by atoms with Gasteiger partial charge in [0.2, 0.25) is 15.9 Å². The van der Waals surface area contributed by atoms with Gasteiger partial charge in [-0.05, 0) is 32.6 Å². The minimum atomic E-state index is -3.25. The number of likely N-dealkylation sites (tertiary alicyclic amines) is 1. The summed E-state index contributed by atoms with van der Waals surface area (Å²) in [4.78, 5) is 14.5. The van der Waals surface area contributed by atoms with E-state index >= 15 is 0 Å². The van der Waals surface area contributed by atoms with Crippen LogP contribution in [0.2, 0.25) is 0 Å². The molecule has 0 radical (unpaired) electrons. The number of aryl methyl sites for hydroxylation is 1. The van der Waals surface area contributed by atoms with Crippen LogP contribution in [-0.4, -0.2) is 54.4 Å². The Bertz CT molecular complexity index is 724. The van der Waals surface area contributed by atoms with Crippen molar-refractivity contribution in [1.29, 1.82) is 0 Å². The number of hydrogen-bond donors (Lipinski definition) is 1. The molecule has 0 aromatic carbocycles. The van der Waals surface area contributed by atoms with Gasteiger partial charge in [-0.25, -0.2) is 13.1 Å². The first kappa shape index (κ1) is 19.9. The highest BCUT2D eigenvalue weighted by Crippen LogP contribution is 2.18. The number of amides is 1. The SMILES string of the molecule is Cc1nn(CC(C)C)c(C)c1CC(=O)N1CCC[C@@H](NS(C)(=O)=O)C1. The summed E-state index contributed by atoms with van der Waals surface area (Å²) in [5.41, 5.74) is 2.93. The minimum absolute atomic E-state index is 0.0373. The Kier molecular flexibility index (Phi) is 6.26. The van der Waals surface area contributed by atoms with Crippen LogP contribution in [0.3, 0.4) is 0 Å². The van der Waals surface area contributed by atoms with E-state index in [9.17, 15) is 13.2 Å². The highest BCUT2D eigenvalue weighted by molar-refractivity contribution is 7.88. The molecule has 1 aliphatic rings. The Morgan fingerprint density at radius 3 is 2.64 bits per heavy atom. The van der Waals surface area contributed by atoms with Gasteiger partial charge in [-0.2, -0.15) is 5.10 Å². The molecule has 0 aliphatic carbocycles. The molecule has 0 saturated carbocycles. The predicted octanol–water partition coefficient (Wildman–Crippen LogP) is 1.24. The van der Waals surface area contributed by atoms with Crippen molar-refractivity contribution in [2.45, 2.75) is 59.5 Å². The summed E-state index contributed by atoms with van der Waals surface area (Å²) in [7, 11) is -3.25. The molecule has 7 nitrogen and oxygen atoms in total. The number of carbonyl (C=O) groups is 1. The van der Waals surface area contributed by atoms with Gasteiger partial charge in [0, 0.05) is 36.9 Å². The molecule has 25 heavy (non-hydrogen) atoms. The first-order valence-corrected chi connectivity index (χ1v) is 10.7. The molecule has 1 aliphatic heterocycles. The Balaban J connectivity index is 2.05. The fraction of sp³-hybridized carbons (Fsp3) is 0.765. The molecule has 1 aromatic rings. The molecule has 1 amide bonds. The van der Waals surface area contributed by atoms with Gasteiger partial charge >= 0.3 is 0 Å². The first-order valence-electron chi connectivity index (χ1n) is 8.84. The molecular weight excluding hydrogens is 340 g/mol. The average molecular weight is 371 g/mol. The van der Waals surface area contributed by atoms with Crippen LogP contribution in [0, 0.1) is 19.8 Å². The molecule has 142 valence electrons. The van der Waals surface area contributed by atoms with Crippen molar-refractivity contribution in [1.82, 2.24) is 19.4 Å². The van der Waals surface area contributed by atoms with Crippen molar-refractivity contribution in [2.24, 2.45) is 5.92 Å². The molecule has 0 spiro atoms. The van der Waals surface area contributed by atoms with E-state index in [2.05, 4.69) is 23.7 Å². The van der Waals surface area contributed by atoms with E-state index in [1.807, 2.05) is 18.5 Å². The van der Waals surface area contributed by atoms with E-state index in [0.29, 0.717) is 25.4 Å². The summed E-state index contributed by atoms with van der Waals surface area (Å²) >= 11 is 0. The van der Waals surface area contributed by atoms with Gasteiger partial charge in [0.05, 0.1) is 18.4 Å². The third-order valence-corrected chi connectivity index (χ3v) is 5.31. The molecule has 1 N–H and O–H groups in total. The maximum atomic E-state index is 12.7. The lowest BCUT2D eigenvalue weighted by Gasteiger charge is -2.32. The van der Waals surface area contributed by atoms with Crippen LogP contribution in [0.1, 0.15) is 43.6 Å². The first-order chi connectivity index (χ1) is 11.6. The summed E-state index contributed by atoms with van der Waals surface area (Å²) in [6.07, 6.45) is 3.05. The van der Waals surface area contributed by atoms with Gasteiger partial charge in [0.15, 0.2) is 0 Å². The molecule has 1 fully saturated rings. The van der Waals surface area contributed by atoms with Crippen LogP contribution < -0.4 is 4.72 Å². The third kappa shape index (κ3) is 5.54. The number of nitrogens with one attached hydrogen (secondary N) is 1. The van der Waals surface area contributed by atoms with Gasteiger partial charge in [-0.3, -0.25) is 9.48 Å². The molecule has 1 saturated heterocycles. The predicted molar refractivity (Wildman–Crippen MR) is 97.8 cm³/mol. The lowest BCUT2D eigenvalue weighted by Crippen LogP contribution is -2.49. The second-order valence-electron chi connectivity index (χ2n) is 7.47. The zero-order valence-electron chi connectivity index (χ0n) is 15.9. The molecule has 8 heteroatoms. The summed E-state index contributed by atoms with van der Waals surface area (Å²) in [6, 6.07) is -0.196. The van der Waals surface area contributed by atoms with Crippen molar-refractivity contribution in [2.75, 3.05) is 19.3 Å². The Morgan fingerprint density at radius 1 is 1.36 bits per heavy atom. The summed E-state index contributed by atoms with van der Waals surface area (Å²) in [6.45, 7) is 10.2. The quantitative estimate of drug-likeness (QED) is 0.816. The standard InChI is InChI=1S/C17H30N4O3S/c1-12(2)10-21-14(4)16(13(3)18-21)9-17(22)20-8-6-7-15(11-20)19-25(5,23)24/h12,15,19H,6-11H2,1-5H3/t15-/m1/s1. The van der Waals surface area contributed by atoms with E-state index in [1.54, 1.807) is 4.90 Å². The van der Waals surface area contributed by atoms with Crippen LogP contribution in [0.15, 0.2) is 0 Å². The fourth-order valence-electron chi connectivity index (χ4n) is 3.38. The number of nitrogens with zero attached hydrogens (tertiary/aromatic N) is 3. The zero-order valence-corrected chi connectivity index (χ0v) is 16.7. The average Bonchev–Trinajstić information content (AvgIpc) is 2.72. The molecular formula is C17H30N4O3S. The zero-order chi connectivity index (χ0) is 18.8. The summed E-state index contributed by atoms with van der Waals surface area (Å²) < 4.78 is 27.4. The molecule has 2 rings (SSSR count). The van der Waals surface area contributed by atoms with Crippen molar-refractivity contribution >= 4 is 15.9 Å². The van der Waals surface area contributed by atoms with Crippen LogP contribution in [0.5, 0.6) is 0 Å². The highest BCUT2D eigenvalue weighted by Gasteiger charge is 2.26. The maximum absolute atomic E-state index is 12.7. The van der Waals surface area contributed by atoms with Crippen LogP contribution >= 0.6 is 0 Å². The number of aromatic nitrogens is 2. The molecule has 1 atom stereocenters. The van der Waals surface area contributed by atoms with E-state index in [-0.39, 0.29) is 11.9 Å². The molecule has 2 heterocycles. The van der Waals surface area contributed by atoms with Crippen molar-refractivity contribution in [3.8, 4) is 0 Å². The topological polar surface area (TPSA) is 84.3 Å². The van der Waals surface area contributed by atoms with E-state index in [0.717, 1.165) is 42.6 Å². The van der Waals surface area contributed by atoms with Crippen LogP contribution in [0.25, 0.3) is 0 Å². The Labute approximate surface area is 150 Å². The maximum Gasteiger partial charge on any atom is 0.227 e. The van der Waals surface area contributed by atoms with Gasteiger partial charge in [-0.15, -0.1) is 0 Å². The van der Waals surface area contributed by atoms with Gasteiger partial charge in [-0.1, -0.05) is 13.8 Å². The van der Waals surface area contributed by atoms with E-state index in [4.69, 9.17) is 0 Å². The largest absolute Gasteiger partial charge is 0.341 e. The van der Waals surface area contributed by atoms with Gasteiger partial charge < -0.3 is 4.90 Å². The highest BCUT2D eigenvalue weighted by atomic mass is 32.2. The number of rotatable bonds is 6. The summed E-state index contributed by atoms with van der Waals surface area (Å²) in [5, 5.41) is 4.57. The van der Waals surface area contributed by atoms with Crippen molar-refractivity contribution < 1.29 is 13.2 Å². The number of piperidine rings is 1. The Morgan fingerprint density at radius 2 is 2.04 bits per heavy atom. The number of sulfonamides is 1. The number of hydrogen-bond acceptors (Lipinski definition) is 4. The van der Waals surface area contributed by atoms with Crippen LogP contribution in [0.4, 0.5) is 0 Å². The van der Waals surface area contributed by atoms with Gasteiger partial charge in [0.1, 0.15) is 0 Å². The normalized spacial score (nSPS) is 18.8. The van der Waals surface area contributed by atoms with Crippen molar-refractivity contribution in [3.05, 3.63) is 17.0 Å². The summed E-state index contributed by atoms with van der Waals surface area (Å²) in [5.74, 6) is 0.529. The van der Waals surface area contributed by atoms with Crippen LogP contribution in [-0.2, 0) is 27.8 Å². The molecule has 0 bridgehead atoms. The molecule has 1 aromatic heterocycles. The van der Waals surface area contributed by atoms with E-state index in [1.165, 1.54) is 0 Å². The fourth-order valence-corrected chi connectivity index (χ4v) is 4.18. The van der Waals surface area contributed by atoms with E-state index < -0.39 is 10.0 Å². The van der Waals surface area contributed by atoms with Gasteiger partial charge in [0.25, 0.3) is 0 Å². The lowest BCUT2D eigenvalue weighted by molar-refractivity contribution is -0.131.